The number of hydrogen-bond donors (Lipinski definition) is 1. The van der Waals surface area contributed by atoms with Crippen molar-refractivity contribution in [1.82, 2.24) is 0 Å². The summed E-state index contributed by atoms with van der Waals surface area (Å²) in [5, 5.41) is 8.55. The minimum atomic E-state index is -1.01. The second-order valence-electron chi connectivity index (χ2n) is 3.98. The summed E-state index contributed by atoms with van der Waals surface area (Å²) in [7, 11) is 0. The van der Waals surface area contributed by atoms with Crippen molar-refractivity contribution >= 4 is 12.0 Å². The van der Waals surface area contributed by atoms with Crippen LogP contribution in [0.2, 0.25) is 0 Å². The summed E-state index contributed by atoms with van der Waals surface area (Å²) in [6.45, 7) is 0.233. The van der Waals surface area contributed by atoms with Crippen LogP contribution in [0.1, 0.15) is 5.76 Å². The molecule has 0 unspecified atom stereocenters. The van der Waals surface area contributed by atoms with Gasteiger partial charge in [0, 0.05) is 11.6 Å². The number of benzene rings is 1. The maximum Gasteiger partial charge on any atom is 0.328 e. The first-order valence-corrected chi connectivity index (χ1v) is 5.62. The van der Waals surface area contributed by atoms with E-state index >= 15 is 0 Å². The fourth-order valence-corrected chi connectivity index (χ4v) is 1.82. The van der Waals surface area contributed by atoms with Crippen molar-refractivity contribution in [3.63, 3.8) is 0 Å². The summed E-state index contributed by atoms with van der Waals surface area (Å²) in [5.41, 5.74) is 1.77. The second-order valence-corrected chi connectivity index (χ2v) is 3.98. The summed E-state index contributed by atoms with van der Waals surface area (Å²) in [4.78, 5) is 10.4. The number of fused-ring (bicyclic) bond motifs is 1. The van der Waals surface area contributed by atoms with E-state index in [1.54, 1.807) is 12.3 Å². The molecule has 2 aromatic rings. The van der Waals surface area contributed by atoms with Crippen LogP contribution in [0.5, 0.6) is 11.5 Å². The molecule has 0 atom stereocenters. The molecule has 2 heterocycles. The standard InChI is InChI=1S/C14H10O5/c15-14(16)4-2-11-5-10(7-17-11)9-1-3-12-13(6-9)19-8-18-12/h1-7H,8H2,(H,15,16)/b4-2+. The van der Waals surface area contributed by atoms with Crippen LogP contribution in [0.4, 0.5) is 0 Å². The van der Waals surface area contributed by atoms with Gasteiger partial charge in [0.1, 0.15) is 5.76 Å². The molecule has 0 aliphatic carbocycles. The lowest BCUT2D eigenvalue weighted by Crippen LogP contribution is -1.92. The van der Waals surface area contributed by atoms with Gasteiger partial charge in [0.25, 0.3) is 0 Å². The zero-order valence-corrected chi connectivity index (χ0v) is 9.83. The SMILES string of the molecule is O=C(O)/C=C/c1cc(-c2ccc3c(c2)OCO3)co1. The molecule has 1 aliphatic heterocycles. The van der Waals surface area contributed by atoms with Gasteiger partial charge in [-0.15, -0.1) is 0 Å². The smallest absolute Gasteiger partial charge is 0.328 e. The average Bonchev–Trinajstić information content (AvgIpc) is 3.04. The van der Waals surface area contributed by atoms with Crippen LogP contribution in [0.3, 0.4) is 0 Å². The molecule has 0 saturated heterocycles. The Morgan fingerprint density at radius 2 is 2.00 bits per heavy atom. The van der Waals surface area contributed by atoms with E-state index in [0.29, 0.717) is 11.5 Å². The second kappa shape index (κ2) is 4.53. The van der Waals surface area contributed by atoms with Gasteiger partial charge in [-0.3, -0.25) is 0 Å². The zero-order chi connectivity index (χ0) is 13.2. The maximum absolute atomic E-state index is 10.4. The molecule has 0 radical (unpaired) electrons. The number of aliphatic carboxylic acids is 1. The van der Waals surface area contributed by atoms with Crippen LogP contribution in [0.25, 0.3) is 17.2 Å². The normalized spacial score (nSPS) is 13.1. The average molecular weight is 258 g/mol. The number of furan rings is 1. The first-order valence-electron chi connectivity index (χ1n) is 5.62. The molecule has 19 heavy (non-hydrogen) atoms. The number of rotatable bonds is 3. The molecule has 0 saturated carbocycles. The molecule has 0 spiro atoms. The molecule has 1 aromatic heterocycles. The third-order valence-corrected chi connectivity index (χ3v) is 2.72. The number of carbonyl (C=O) groups is 1. The summed E-state index contributed by atoms with van der Waals surface area (Å²) >= 11 is 0. The van der Waals surface area contributed by atoms with Gasteiger partial charge in [-0.25, -0.2) is 4.79 Å². The quantitative estimate of drug-likeness (QED) is 0.857. The van der Waals surface area contributed by atoms with Gasteiger partial charge in [0.15, 0.2) is 11.5 Å². The maximum atomic E-state index is 10.4. The Morgan fingerprint density at radius 1 is 1.16 bits per heavy atom. The topological polar surface area (TPSA) is 68.9 Å². The molecule has 5 nitrogen and oxygen atoms in total. The number of hydrogen-bond acceptors (Lipinski definition) is 4. The van der Waals surface area contributed by atoms with E-state index in [2.05, 4.69) is 0 Å². The van der Waals surface area contributed by atoms with Gasteiger partial charge in [-0.05, 0) is 29.8 Å². The molecule has 96 valence electrons. The van der Waals surface area contributed by atoms with Gasteiger partial charge in [0.2, 0.25) is 6.79 Å². The lowest BCUT2D eigenvalue weighted by Gasteiger charge is -1.99. The molecule has 3 rings (SSSR count). The van der Waals surface area contributed by atoms with Gasteiger partial charge < -0.3 is 19.0 Å². The van der Waals surface area contributed by atoms with Crippen molar-refractivity contribution in [2.45, 2.75) is 0 Å². The first kappa shape index (κ1) is 11.4. The largest absolute Gasteiger partial charge is 0.478 e. The number of carboxylic acid groups (broad SMARTS) is 1. The fraction of sp³-hybridized carbons (Fsp3) is 0.0714. The Bertz CT molecular complexity index is 654. The predicted molar refractivity (Wildman–Crippen MR) is 66.9 cm³/mol. The molecule has 1 N–H and O–H groups in total. The Morgan fingerprint density at radius 3 is 2.84 bits per heavy atom. The van der Waals surface area contributed by atoms with Crippen molar-refractivity contribution < 1.29 is 23.8 Å². The van der Waals surface area contributed by atoms with Crippen molar-refractivity contribution in [2.24, 2.45) is 0 Å². The Balaban J connectivity index is 1.88. The molecule has 0 bridgehead atoms. The van der Waals surface area contributed by atoms with E-state index < -0.39 is 5.97 Å². The van der Waals surface area contributed by atoms with E-state index in [0.717, 1.165) is 23.0 Å². The van der Waals surface area contributed by atoms with E-state index in [9.17, 15) is 4.79 Å². The van der Waals surface area contributed by atoms with Crippen molar-refractivity contribution in [1.29, 1.82) is 0 Å². The number of carboxylic acids is 1. The van der Waals surface area contributed by atoms with Gasteiger partial charge in [-0.2, -0.15) is 0 Å². The van der Waals surface area contributed by atoms with Crippen molar-refractivity contribution in [2.75, 3.05) is 6.79 Å². The van der Waals surface area contributed by atoms with E-state index in [4.69, 9.17) is 19.0 Å². The molecule has 0 amide bonds. The molecule has 5 heteroatoms. The lowest BCUT2D eigenvalue weighted by atomic mass is 10.1. The highest BCUT2D eigenvalue weighted by Gasteiger charge is 2.14. The van der Waals surface area contributed by atoms with Gasteiger partial charge in [0.05, 0.1) is 6.26 Å². The highest BCUT2D eigenvalue weighted by atomic mass is 16.7. The van der Waals surface area contributed by atoms with Crippen LogP contribution in [-0.4, -0.2) is 17.9 Å². The predicted octanol–water partition coefficient (Wildman–Crippen LogP) is 2.77. The van der Waals surface area contributed by atoms with Crippen molar-refractivity contribution in [3.05, 3.63) is 42.4 Å². The third-order valence-electron chi connectivity index (χ3n) is 2.72. The lowest BCUT2D eigenvalue weighted by molar-refractivity contribution is -0.131. The summed E-state index contributed by atoms with van der Waals surface area (Å²) in [6, 6.07) is 7.34. The van der Waals surface area contributed by atoms with E-state index in [1.165, 1.54) is 6.08 Å². The van der Waals surface area contributed by atoms with Crippen LogP contribution in [0, 0.1) is 0 Å². The highest BCUT2D eigenvalue weighted by Crippen LogP contribution is 2.36. The van der Waals surface area contributed by atoms with Crippen LogP contribution >= 0.6 is 0 Å². The highest BCUT2D eigenvalue weighted by molar-refractivity contribution is 5.85. The molecule has 0 fully saturated rings. The van der Waals surface area contributed by atoms with E-state index in [1.807, 2.05) is 18.2 Å². The van der Waals surface area contributed by atoms with Gasteiger partial charge in [-0.1, -0.05) is 6.07 Å². The van der Waals surface area contributed by atoms with Gasteiger partial charge >= 0.3 is 5.97 Å². The van der Waals surface area contributed by atoms with Crippen molar-refractivity contribution in [3.8, 4) is 22.6 Å². The Labute approximate surface area is 108 Å². The summed E-state index contributed by atoms with van der Waals surface area (Å²) < 4.78 is 15.8. The molecule has 1 aromatic carbocycles. The molecule has 1 aliphatic rings. The minimum Gasteiger partial charge on any atom is -0.478 e. The minimum absolute atomic E-state index is 0.233. The summed E-state index contributed by atoms with van der Waals surface area (Å²) in [6.07, 6.45) is 4.00. The third kappa shape index (κ3) is 2.30. The summed E-state index contributed by atoms with van der Waals surface area (Å²) in [5.74, 6) is 0.885. The molecular formula is C14H10O5. The van der Waals surface area contributed by atoms with Crippen LogP contribution in [-0.2, 0) is 4.79 Å². The van der Waals surface area contributed by atoms with E-state index in [-0.39, 0.29) is 6.79 Å². The first-order chi connectivity index (χ1) is 9.22. The Kier molecular flexibility index (Phi) is 2.72. The number of ether oxygens (including phenoxy) is 2. The van der Waals surface area contributed by atoms with Crippen LogP contribution < -0.4 is 9.47 Å². The molecular weight excluding hydrogens is 248 g/mol. The van der Waals surface area contributed by atoms with Crippen LogP contribution in [0.15, 0.2) is 41.0 Å². The zero-order valence-electron chi connectivity index (χ0n) is 9.83. The fourth-order valence-electron chi connectivity index (χ4n) is 1.82. The Hall–Kier alpha value is -2.69. The monoisotopic (exact) mass is 258 g/mol.